The monoisotopic (exact) mass is 686 g/mol. The molecule has 15 nitrogen and oxygen atoms in total. The lowest BCUT2D eigenvalue weighted by molar-refractivity contribution is -0.145. The highest BCUT2D eigenvalue weighted by atomic mass is 16.6. The molecule has 0 atom stereocenters. The maximum absolute atomic E-state index is 11.5. The maximum atomic E-state index is 11.5. The fraction of sp³-hybridized carbons (Fsp3) is 0.938. The van der Waals surface area contributed by atoms with E-state index in [4.69, 9.17) is 61.6 Å². The smallest absolute Gasteiger partial charge is 0.305 e. The Hall–Kier alpha value is -1.50. The predicted molar refractivity (Wildman–Crippen MR) is 171 cm³/mol. The quantitative estimate of drug-likeness (QED) is 0.0680. The minimum Gasteiger partial charge on any atom is -0.463 e. The van der Waals surface area contributed by atoms with Crippen molar-refractivity contribution in [3.05, 3.63) is 0 Å². The van der Waals surface area contributed by atoms with Gasteiger partial charge >= 0.3 is 11.9 Å². The van der Waals surface area contributed by atoms with Crippen LogP contribution in [0.2, 0.25) is 0 Å². The van der Waals surface area contributed by atoms with Crippen molar-refractivity contribution in [1.29, 1.82) is 0 Å². The van der Waals surface area contributed by atoms with Crippen LogP contribution < -0.4 is 0 Å². The summed E-state index contributed by atoms with van der Waals surface area (Å²) >= 11 is 0. The first-order valence-electron chi connectivity index (χ1n) is 16.8. The Morgan fingerprint density at radius 1 is 0.340 bits per heavy atom. The van der Waals surface area contributed by atoms with E-state index >= 15 is 0 Å². The number of carbonyl (C=O) groups is 2. The third-order valence-electron chi connectivity index (χ3n) is 5.73. The van der Waals surface area contributed by atoms with E-state index in [9.17, 15) is 9.59 Å². The molecule has 0 spiro atoms. The first-order valence-corrected chi connectivity index (χ1v) is 16.8. The molecular weight excluding hydrogens is 624 g/mol. The van der Waals surface area contributed by atoms with Crippen molar-refractivity contribution >= 4 is 11.9 Å². The second-order valence-electron chi connectivity index (χ2n) is 9.75. The van der Waals surface area contributed by atoms with Crippen LogP contribution in [0.15, 0.2) is 0 Å². The van der Waals surface area contributed by atoms with Crippen LogP contribution in [0.4, 0.5) is 0 Å². The highest BCUT2D eigenvalue weighted by Gasteiger charge is 2.02. The van der Waals surface area contributed by atoms with Gasteiger partial charge in [-0.3, -0.25) is 9.59 Å². The molecule has 15 heteroatoms. The van der Waals surface area contributed by atoms with Crippen LogP contribution in [0.25, 0.3) is 0 Å². The Labute approximate surface area is 281 Å². The van der Waals surface area contributed by atoms with E-state index < -0.39 is 0 Å². The van der Waals surface area contributed by atoms with Gasteiger partial charge in [0, 0.05) is 13.3 Å². The summed E-state index contributed by atoms with van der Waals surface area (Å²) in [6.45, 7) is 14.3. The topological polar surface area (TPSA) is 154 Å². The zero-order chi connectivity index (χ0) is 34.1. The molecule has 0 saturated carbocycles. The lowest BCUT2D eigenvalue weighted by Gasteiger charge is -2.09. The van der Waals surface area contributed by atoms with Gasteiger partial charge in [-0.25, -0.2) is 0 Å². The lowest BCUT2D eigenvalue weighted by Crippen LogP contribution is -2.16. The van der Waals surface area contributed by atoms with E-state index in [1.54, 1.807) is 0 Å². The van der Waals surface area contributed by atoms with Crippen LogP contribution in [-0.2, 0) is 71.2 Å². The van der Waals surface area contributed by atoms with Gasteiger partial charge in [-0.2, -0.15) is 0 Å². The molecule has 0 N–H and O–H groups in total. The molecule has 0 aromatic carbocycles. The third-order valence-corrected chi connectivity index (χ3v) is 5.73. The first-order chi connectivity index (χ1) is 23.2. The summed E-state index contributed by atoms with van der Waals surface area (Å²) in [4.78, 5) is 22.0. The number of esters is 2. The second kappa shape index (κ2) is 40.7. The van der Waals surface area contributed by atoms with Crippen LogP contribution in [0.5, 0.6) is 0 Å². The molecule has 0 bridgehead atoms. The summed E-state index contributed by atoms with van der Waals surface area (Å²) in [6.07, 6.45) is 3.48. The molecule has 0 radical (unpaired) electrons. The van der Waals surface area contributed by atoms with E-state index in [1.165, 1.54) is 6.92 Å². The van der Waals surface area contributed by atoms with Gasteiger partial charge in [0.25, 0.3) is 0 Å². The summed E-state index contributed by atoms with van der Waals surface area (Å²) in [5.41, 5.74) is 0. The second-order valence-corrected chi connectivity index (χ2v) is 9.75. The lowest BCUT2D eigenvalue weighted by atomic mass is 10.2. The molecule has 0 aromatic heterocycles. The Bertz CT molecular complexity index is 642. The van der Waals surface area contributed by atoms with E-state index in [2.05, 4.69) is 6.92 Å². The van der Waals surface area contributed by atoms with Gasteiger partial charge < -0.3 is 61.6 Å². The number of ether oxygens (including phenoxy) is 13. The normalized spacial score (nSPS) is 11.3. The Balaban J connectivity index is 3.08. The van der Waals surface area contributed by atoms with Crippen molar-refractivity contribution in [3.8, 4) is 0 Å². The molecule has 0 amide bonds. The van der Waals surface area contributed by atoms with Crippen molar-refractivity contribution in [2.45, 2.75) is 39.5 Å². The highest BCUT2D eigenvalue weighted by molar-refractivity contribution is 5.69. The molecule has 280 valence electrons. The van der Waals surface area contributed by atoms with Crippen molar-refractivity contribution < 1.29 is 71.2 Å². The fourth-order valence-corrected chi connectivity index (χ4v) is 3.35. The average molecular weight is 687 g/mol. The molecule has 0 aromatic rings. The molecule has 47 heavy (non-hydrogen) atoms. The molecule has 0 heterocycles. The van der Waals surface area contributed by atoms with Crippen molar-refractivity contribution in [2.24, 2.45) is 0 Å². The number of unbranched alkanes of at least 4 members (excludes halogenated alkanes) is 2. The number of hydrogen-bond acceptors (Lipinski definition) is 15. The third kappa shape index (κ3) is 42.5. The molecular formula is C32H62O15. The standard InChI is InChI=1S/C32H62O15/c1-3-4-5-6-32(34)47-30-28-45-26-24-43-22-20-41-18-16-39-14-12-37-10-8-35-7-9-36-11-13-38-15-17-40-19-21-42-23-25-44-27-29-46-31(2)33/h3-30H2,1-2H3. The largest absolute Gasteiger partial charge is 0.463 e. The predicted octanol–water partition coefficient (Wildman–Crippen LogP) is 1.86. The van der Waals surface area contributed by atoms with E-state index in [0.29, 0.717) is 152 Å². The van der Waals surface area contributed by atoms with Gasteiger partial charge in [0.05, 0.1) is 145 Å². The summed E-state index contributed by atoms with van der Waals surface area (Å²) in [5, 5.41) is 0. The number of hydrogen-bond donors (Lipinski definition) is 0. The van der Waals surface area contributed by atoms with E-state index in [-0.39, 0.29) is 25.2 Å². The van der Waals surface area contributed by atoms with Gasteiger partial charge in [-0.15, -0.1) is 0 Å². The Morgan fingerprint density at radius 2 is 0.574 bits per heavy atom. The SMILES string of the molecule is CCCCCC(=O)OCCOCCOCCOCCOCCOCCOCCOCCOCCOCCOCCOCCOC(C)=O. The summed E-state index contributed by atoms with van der Waals surface area (Å²) in [5.74, 6) is -0.477. The van der Waals surface area contributed by atoms with Gasteiger partial charge in [-0.1, -0.05) is 19.8 Å². The molecule has 0 aliphatic carbocycles. The molecule has 0 fully saturated rings. The fourth-order valence-electron chi connectivity index (χ4n) is 3.35. The maximum Gasteiger partial charge on any atom is 0.305 e. The zero-order valence-corrected chi connectivity index (χ0v) is 28.9. The zero-order valence-electron chi connectivity index (χ0n) is 28.9. The molecule has 0 rings (SSSR count). The summed E-state index contributed by atoms with van der Waals surface area (Å²) in [6, 6.07) is 0. The van der Waals surface area contributed by atoms with Gasteiger partial charge in [0.15, 0.2) is 0 Å². The highest BCUT2D eigenvalue weighted by Crippen LogP contribution is 2.00. The van der Waals surface area contributed by atoms with Gasteiger partial charge in [0.1, 0.15) is 13.2 Å². The van der Waals surface area contributed by atoms with Gasteiger partial charge in [-0.05, 0) is 6.42 Å². The summed E-state index contributed by atoms with van der Waals surface area (Å²) < 4.78 is 69.5. The van der Waals surface area contributed by atoms with Crippen molar-refractivity contribution in [1.82, 2.24) is 0 Å². The molecule has 0 saturated heterocycles. The number of carbonyl (C=O) groups excluding carboxylic acids is 2. The molecule has 0 unspecified atom stereocenters. The number of rotatable bonds is 40. The van der Waals surface area contributed by atoms with Crippen LogP contribution in [-0.4, -0.2) is 171 Å². The molecule has 0 aliphatic heterocycles. The Kier molecular flexibility index (Phi) is 39.4. The Morgan fingerprint density at radius 3 is 0.809 bits per heavy atom. The van der Waals surface area contributed by atoms with Crippen LogP contribution in [0.1, 0.15) is 39.5 Å². The van der Waals surface area contributed by atoms with Crippen LogP contribution >= 0.6 is 0 Å². The van der Waals surface area contributed by atoms with Crippen molar-refractivity contribution in [2.75, 3.05) is 159 Å². The first kappa shape index (κ1) is 45.5. The minimum atomic E-state index is -0.314. The van der Waals surface area contributed by atoms with Gasteiger partial charge in [0.2, 0.25) is 0 Å². The summed E-state index contributed by atoms with van der Waals surface area (Å²) in [7, 11) is 0. The van der Waals surface area contributed by atoms with Crippen molar-refractivity contribution in [3.63, 3.8) is 0 Å². The van der Waals surface area contributed by atoms with E-state index in [0.717, 1.165) is 19.3 Å². The molecule has 0 aliphatic rings. The van der Waals surface area contributed by atoms with E-state index in [1.807, 2.05) is 0 Å². The minimum absolute atomic E-state index is 0.163. The van der Waals surface area contributed by atoms with Crippen LogP contribution in [0, 0.1) is 0 Å². The average Bonchev–Trinajstić information content (AvgIpc) is 3.06. The van der Waals surface area contributed by atoms with Crippen LogP contribution in [0.3, 0.4) is 0 Å².